The van der Waals surface area contributed by atoms with Crippen molar-refractivity contribution in [2.75, 3.05) is 13.2 Å². The summed E-state index contributed by atoms with van der Waals surface area (Å²) in [6, 6.07) is 6.71. The van der Waals surface area contributed by atoms with Crippen LogP contribution in [-0.4, -0.2) is 36.1 Å². The molecule has 3 nitrogen and oxygen atoms in total. The van der Waals surface area contributed by atoms with Crippen LogP contribution in [0.1, 0.15) is 38.2 Å². The molecule has 22 heavy (non-hydrogen) atoms. The van der Waals surface area contributed by atoms with E-state index in [0.29, 0.717) is 24.3 Å². The van der Waals surface area contributed by atoms with Crippen molar-refractivity contribution in [2.24, 2.45) is 0 Å². The van der Waals surface area contributed by atoms with Crippen molar-refractivity contribution < 1.29 is 13.9 Å². The fourth-order valence-electron chi connectivity index (χ4n) is 3.46. The molecule has 4 heteroatoms. The average Bonchev–Trinajstić information content (AvgIpc) is 2.55. The van der Waals surface area contributed by atoms with Crippen LogP contribution < -0.4 is 0 Å². The minimum atomic E-state index is -0.299. The Bertz CT molecular complexity index is 582. The summed E-state index contributed by atoms with van der Waals surface area (Å²) < 4.78 is 19.5. The molecule has 2 unspecified atom stereocenters. The van der Waals surface area contributed by atoms with E-state index in [4.69, 9.17) is 4.74 Å². The van der Waals surface area contributed by atoms with Gasteiger partial charge >= 0.3 is 0 Å². The molecule has 1 saturated heterocycles. The number of rotatable bonds is 2. The first-order valence-corrected chi connectivity index (χ1v) is 8.02. The monoisotopic (exact) mass is 303 g/mol. The summed E-state index contributed by atoms with van der Waals surface area (Å²) in [6.07, 6.45) is 6.17. The molecule has 1 aliphatic heterocycles. The Morgan fingerprint density at radius 3 is 2.91 bits per heavy atom. The lowest BCUT2D eigenvalue weighted by Gasteiger charge is -2.44. The van der Waals surface area contributed by atoms with Gasteiger partial charge in [-0.1, -0.05) is 31.0 Å². The summed E-state index contributed by atoms with van der Waals surface area (Å²) in [4.78, 5) is 14.7. The van der Waals surface area contributed by atoms with Crippen LogP contribution in [0.25, 0.3) is 6.08 Å². The first-order valence-electron chi connectivity index (χ1n) is 8.02. The maximum Gasteiger partial charge on any atom is 0.249 e. The Hall–Kier alpha value is -1.68. The first-order chi connectivity index (χ1) is 10.7. The number of hydrogen-bond donors (Lipinski definition) is 0. The van der Waals surface area contributed by atoms with Crippen LogP contribution >= 0.6 is 0 Å². The highest BCUT2D eigenvalue weighted by Gasteiger charge is 2.36. The zero-order chi connectivity index (χ0) is 15.5. The predicted molar refractivity (Wildman–Crippen MR) is 83.8 cm³/mol. The smallest absolute Gasteiger partial charge is 0.249 e. The molecule has 1 aromatic carbocycles. The molecule has 0 N–H and O–H groups in total. The van der Waals surface area contributed by atoms with Crippen LogP contribution in [0, 0.1) is 5.82 Å². The van der Waals surface area contributed by atoms with Crippen LogP contribution in [0.2, 0.25) is 0 Å². The molecule has 1 heterocycles. The van der Waals surface area contributed by atoms with E-state index in [9.17, 15) is 9.18 Å². The van der Waals surface area contributed by atoms with E-state index >= 15 is 0 Å². The maximum absolute atomic E-state index is 13.7. The molecule has 2 atom stereocenters. The van der Waals surface area contributed by atoms with Gasteiger partial charge in [-0.05, 0) is 31.9 Å². The second kappa shape index (κ2) is 6.61. The second-order valence-corrected chi connectivity index (χ2v) is 6.11. The zero-order valence-corrected chi connectivity index (χ0v) is 12.9. The number of benzene rings is 1. The van der Waals surface area contributed by atoms with Gasteiger partial charge in [-0.25, -0.2) is 4.39 Å². The van der Waals surface area contributed by atoms with Gasteiger partial charge in [-0.2, -0.15) is 0 Å². The lowest BCUT2D eigenvalue weighted by molar-refractivity contribution is -0.145. The molecule has 1 aromatic rings. The highest BCUT2D eigenvalue weighted by Crippen LogP contribution is 2.29. The predicted octanol–water partition coefficient (Wildman–Crippen LogP) is 3.40. The Morgan fingerprint density at radius 1 is 1.32 bits per heavy atom. The fourth-order valence-corrected chi connectivity index (χ4v) is 3.46. The van der Waals surface area contributed by atoms with Crippen molar-refractivity contribution >= 4 is 12.0 Å². The highest BCUT2D eigenvalue weighted by molar-refractivity contribution is 5.97. The molecule has 2 aliphatic rings. The zero-order valence-electron chi connectivity index (χ0n) is 12.9. The van der Waals surface area contributed by atoms with Gasteiger partial charge in [0.2, 0.25) is 5.91 Å². The van der Waals surface area contributed by atoms with Crippen molar-refractivity contribution in [2.45, 2.75) is 44.8 Å². The SMILES string of the molecule is C/C(=C\c1ccccc1F)C(=O)N1CCOC2CCCCC21. The van der Waals surface area contributed by atoms with E-state index in [1.165, 1.54) is 12.5 Å². The summed E-state index contributed by atoms with van der Waals surface area (Å²) >= 11 is 0. The Morgan fingerprint density at radius 2 is 2.09 bits per heavy atom. The largest absolute Gasteiger partial charge is 0.374 e. The summed E-state index contributed by atoms with van der Waals surface area (Å²) in [6.45, 7) is 2.99. The molecule has 1 saturated carbocycles. The Kier molecular flexibility index (Phi) is 4.57. The quantitative estimate of drug-likeness (QED) is 0.784. The van der Waals surface area contributed by atoms with Crippen molar-refractivity contribution in [3.05, 3.63) is 41.2 Å². The maximum atomic E-state index is 13.7. The van der Waals surface area contributed by atoms with Gasteiger partial charge in [-0.15, -0.1) is 0 Å². The van der Waals surface area contributed by atoms with Gasteiger partial charge in [0.1, 0.15) is 5.82 Å². The number of halogens is 1. The third-order valence-electron chi connectivity index (χ3n) is 4.61. The Labute approximate surface area is 130 Å². The number of hydrogen-bond acceptors (Lipinski definition) is 2. The van der Waals surface area contributed by atoms with Crippen LogP contribution in [-0.2, 0) is 9.53 Å². The third kappa shape index (κ3) is 3.07. The normalized spacial score (nSPS) is 25.7. The fraction of sp³-hybridized carbons (Fsp3) is 0.500. The number of carbonyl (C=O) groups excluding carboxylic acids is 1. The second-order valence-electron chi connectivity index (χ2n) is 6.11. The van der Waals surface area contributed by atoms with Gasteiger partial charge in [0, 0.05) is 17.7 Å². The van der Waals surface area contributed by atoms with E-state index in [1.54, 1.807) is 31.2 Å². The molecule has 118 valence electrons. The molecule has 3 rings (SSSR count). The molecule has 1 amide bonds. The Balaban J connectivity index is 1.79. The highest BCUT2D eigenvalue weighted by atomic mass is 19.1. The standard InChI is InChI=1S/C18H22FNO2/c1-13(12-14-6-2-3-7-15(14)19)18(21)20-10-11-22-17-9-5-4-8-16(17)20/h2-3,6-7,12,16-17H,4-5,8-11H2,1H3/b13-12+. The number of nitrogens with zero attached hydrogens (tertiary/aromatic N) is 1. The molecule has 0 spiro atoms. The van der Waals surface area contributed by atoms with Crippen molar-refractivity contribution in [3.8, 4) is 0 Å². The van der Waals surface area contributed by atoms with Gasteiger partial charge in [0.15, 0.2) is 0 Å². The van der Waals surface area contributed by atoms with Crippen LogP contribution in [0.4, 0.5) is 4.39 Å². The summed E-state index contributed by atoms with van der Waals surface area (Å²) in [5.74, 6) is -0.296. The van der Waals surface area contributed by atoms with Gasteiger partial charge in [-0.3, -0.25) is 4.79 Å². The number of fused-ring (bicyclic) bond motifs is 1. The average molecular weight is 303 g/mol. The number of morpholine rings is 1. The van der Waals surface area contributed by atoms with E-state index in [0.717, 1.165) is 19.3 Å². The lowest BCUT2D eigenvalue weighted by atomic mass is 9.89. The van der Waals surface area contributed by atoms with Crippen molar-refractivity contribution in [3.63, 3.8) is 0 Å². The van der Waals surface area contributed by atoms with E-state index in [2.05, 4.69) is 0 Å². The molecule has 0 aromatic heterocycles. The molecular formula is C18H22FNO2. The minimum Gasteiger partial charge on any atom is -0.374 e. The van der Waals surface area contributed by atoms with E-state index in [-0.39, 0.29) is 23.9 Å². The number of carbonyl (C=O) groups is 1. The minimum absolute atomic E-state index is 0.00320. The molecule has 0 radical (unpaired) electrons. The topological polar surface area (TPSA) is 29.5 Å². The van der Waals surface area contributed by atoms with Gasteiger partial charge in [0.25, 0.3) is 0 Å². The van der Waals surface area contributed by atoms with Crippen molar-refractivity contribution in [1.82, 2.24) is 4.90 Å². The van der Waals surface area contributed by atoms with Crippen LogP contribution in [0.3, 0.4) is 0 Å². The summed E-state index contributed by atoms with van der Waals surface area (Å²) in [5, 5.41) is 0. The molecule has 1 aliphatic carbocycles. The number of ether oxygens (including phenoxy) is 1. The lowest BCUT2D eigenvalue weighted by Crippen LogP contribution is -2.55. The summed E-state index contributed by atoms with van der Waals surface area (Å²) in [5.41, 5.74) is 1.04. The van der Waals surface area contributed by atoms with Crippen molar-refractivity contribution in [1.29, 1.82) is 0 Å². The first kappa shape index (κ1) is 15.2. The van der Waals surface area contributed by atoms with E-state index in [1.807, 2.05) is 4.90 Å². The summed E-state index contributed by atoms with van der Waals surface area (Å²) in [7, 11) is 0. The van der Waals surface area contributed by atoms with Gasteiger partial charge in [0.05, 0.1) is 18.8 Å². The van der Waals surface area contributed by atoms with Gasteiger partial charge < -0.3 is 9.64 Å². The molecular weight excluding hydrogens is 281 g/mol. The molecule has 0 bridgehead atoms. The third-order valence-corrected chi connectivity index (χ3v) is 4.61. The van der Waals surface area contributed by atoms with Crippen LogP contribution in [0.15, 0.2) is 29.8 Å². The molecule has 2 fully saturated rings. The number of amides is 1. The van der Waals surface area contributed by atoms with Crippen LogP contribution in [0.5, 0.6) is 0 Å². The van der Waals surface area contributed by atoms with E-state index < -0.39 is 0 Å².